The number of aromatic nitrogens is 4. The lowest BCUT2D eigenvalue weighted by Gasteiger charge is -2.37. The summed E-state index contributed by atoms with van der Waals surface area (Å²) in [5.41, 5.74) is 10.8. The van der Waals surface area contributed by atoms with Gasteiger partial charge in [-0.25, -0.2) is 4.68 Å². The molecule has 11 nitrogen and oxygen atoms in total. The van der Waals surface area contributed by atoms with Crippen molar-refractivity contribution in [1.82, 2.24) is 29.8 Å². The number of hydrogen-bond acceptors (Lipinski definition) is 8. The largest absolute Gasteiger partial charge is 0.424 e. The van der Waals surface area contributed by atoms with Crippen molar-refractivity contribution in [2.24, 2.45) is 0 Å². The number of carbonyl (C=O) groups is 3. The molecule has 0 spiro atoms. The Morgan fingerprint density at radius 2 is 1.95 bits per heavy atom. The summed E-state index contributed by atoms with van der Waals surface area (Å²) in [6.45, 7) is 6.07. The predicted molar refractivity (Wildman–Crippen MR) is 149 cm³/mol. The Balaban J connectivity index is 1.45. The summed E-state index contributed by atoms with van der Waals surface area (Å²) in [6.07, 6.45) is 4.52. The molecule has 1 saturated carbocycles. The van der Waals surface area contributed by atoms with Crippen molar-refractivity contribution in [3.8, 4) is 11.4 Å². The van der Waals surface area contributed by atoms with E-state index in [9.17, 15) is 14.4 Å². The molecule has 2 N–H and O–H groups in total. The summed E-state index contributed by atoms with van der Waals surface area (Å²) in [6, 6.07) is 7.01. The molecular formula is C28H28BrN7O4. The first-order valence-corrected chi connectivity index (χ1v) is 14.0. The monoisotopic (exact) mass is 605 g/mol. The van der Waals surface area contributed by atoms with E-state index in [2.05, 4.69) is 38.8 Å². The van der Waals surface area contributed by atoms with E-state index in [1.807, 2.05) is 16.8 Å². The first-order valence-electron chi connectivity index (χ1n) is 13.2. The lowest BCUT2D eigenvalue weighted by molar-refractivity contribution is -0.132. The van der Waals surface area contributed by atoms with E-state index in [0.717, 1.165) is 35.4 Å². The van der Waals surface area contributed by atoms with Crippen LogP contribution in [-0.4, -0.2) is 67.2 Å². The van der Waals surface area contributed by atoms with E-state index in [-0.39, 0.29) is 29.7 Å². The number of anilines is 1. The van der Waals surface area contributed by atoms with E-state index < -0.39 is 12.0 Å². The maximum atomic E-state index is 13.8. The molecule has 206 valence electrons. The predicted octanol–water partition coefficient (Wildman–Crippen LogP) is 3.12. The lowest BCUT2D eigenvalue weighted by Crippen LogP contribution is -2.46. The maximum Gasteiger partial charge on any atom is 0.308 e. The second kappa shape index (κ2) is 10.2. The minimum Gasteiger partial charge on any atom is -0.424 e. The van der Waals surface area contributed by atoms with Gasteiger partial charge in [-0.1, -0.05) is 12.6 Å². The van der Waals surface area contributed by atoms with Gasteiger partial charge in [-0.3, -0.25) is 14.4 Å². The first-order chi connectivity index (χ1) is 19.2. The van der Waals surface area contributed by atoms with Crippen LogP contribution in [0.15, 0.2) is 41.5 Å². The third-order valence-corrected chi connectivity index (χ3v) is 8.05. The molecule has 0 radical (unpaired) electrons. The highest BCUT2D eigenvalue weighted by Crippen LogP contribution is 2.43. The van der Waals surface area contributed by atoms with Crippen LogP contribution >= 0.6 is 15.9 Å². The molecule has 6 rings (SSSR count). The Kier molecular flexibility index (Phi) is 6.65. The van der Waals surface area contributed by atoms with Crippen molar-refractivity contribution in [2.75, 3.05) is 25.4 Å². The number of nitrogen functional groups attached to an aromatic ring is 1. The Labute approximate surface area is 239 Å². The zero-order valence-corrected chi connectivity index (χ0v) is 23.6. The average molecular weight is 606 g/mol. The fourth-order valence-electron chi connectivity index (χ4n) is 5.66. The Hall–Kier alpha value is -4.06. The minimum absolute atomic E-state index is 0.0549. The van der Waals surface area contributed by atoms with Crippen LogP contribution in [0.2, 0.25) is 0 Å². The quantitative estimate of drug-likeness (QED) is 0.266. The number of benzene rings is 1. The number of carbonyl (C=O) groups excluding carboxylic acids is 3. The van der Waals surface area contributed by atoms with Crippen molar-refractivity contribution >= 4 is 39.4 Å². The van der Waals surface area contributed by atoms with Gasteiger partial charge in [0, 0.05) is 45.0 Å². The van der Waals surface area contributed by atoms with Crippen molar-refractivity contribution in [3.63, 3.8) is 0 Å². The van der Waals surface area contributed by atoms with Crippen LogP contribution in [0.25, 0.3) is 5.69 Å². The van der Waals surface area contributed by atoms with E-state index >= 15 is 0 Å². The fourth-order valence-corrected chi connectivity index (χ4v) is 5.99. The van der Waals surface area contributed by atoms with Gasteiger partial charge in [0.05, 0.1) is 23.1 Å². The Bertz CT molecular complexity index is 1560. The molecule has 3 aliphatic rings. The van der Waals surface area contributed by atoms with E-state index in [4.69, 9.17) is 15.6 Å². The van der Waals surface area contributed by atoms with E-state index in [1.165, 1.54) is 13.0 Å². The molecule has 40 heavy (non-hydrogen) atoms. The van der Waals surface area contributed by atoms with Crippen LogP contribution in [0, 0.1) is 0 Å². The molecule has 0 saturated heterocycles. The van der Waals surface area contributed by atoms with E-state index in [1.54, 1.807) is 15.9 Å². The van der Waals surface area contributed by atoms with Crippen molar-refractivity contribution in [1.29, 1.82) is 0 Å². The minimum atomic E-state index is -0.487. The van der Waals surface area contributed by atoms with E-state index in [0.29, 0.717) is 47.9 Å². The number of esters is 1. The van der Waals surface area contributed by atoms with Crippen LogP contribution < -0.4 is 10.5 Å². The van der Waals surface area contributed by atoms with Crippen LogP contribution in [0.3, 0.4) is 0 Å². The van der Waals surface area contributed by atoms with Gasteiger partial charge >= 0.3 is 5.97 Å². The first kappa shape index (κ1) is 26.2. The summed E-state index contributed by atoms with van der Waals surface area (Å²) >= 11 is 3.24. The SMILES string of the molecule is C=CC(=O)N1CCc2nn(-c3ccc(C4CC4)cc3OC(C)=O)c3c2[C@H](C1)N(C(=O)c1nnc(Br)cc1N)CC3. The average Bonchev–Trinajstić information content (AvgIpc) is 3.73. The molecular weight excluding hydrogens is 578 g/mol. The normalized spacial score (nSPS) is 18.1. The number of ether oxygens (including phenoxy) is 1. The van der Waals surface area contributed by atoms with Gasteiger partial charge in [-0.2, -0.15) is 5.10 Å². The molecule has 4 heterocycles. The molecule has 12 heteroatoms. The Morgan fingerprint density at radius 3 is 2.65 bits per heavy atom. The number of hydrogen-bond donors (Lipinski definition) is 1. The van der Waals surface area contributed by atoms with Crippen LogP contribution in [0.5, 0.6) is 5.75 Å². The third kappa shape index (κ3) is 4.66. The molecule has 1 aromatic carbocycles. The second-order valence-corrected chi connectivity index (χ2v) is 11.1. The highest BCUT2D eigenvalue weighted by molar-refractivity contribution is 9.10. The van der Waals surface area contributed by atoms with Gasteiger partial charge < -0.3 is 20.3 Å². The molecule has 2 amide bonds. The standard InChI is InChI=1S/C28H28BrN7O4/c1-3-25(38)34-10-8-19-26-21(9-11-35(22(26)14-34)28(39)27-18(30)13-24(29)31-32-27)36(33-19)20-7-6-17(16-4-5-16)12-23(20)40-15(2)37/h3,6-7,12-13,16,22H,1,4-5,8-11,14H2,2H3,(H2,30,31)/t22-/m0/s1. The van der Waals surface area contributed by atoms with Crippen LogP contribution in [-0.2, 0) is 22.4 Å². The maximum absolute atomic E-state index is 13.8. The second-order valence-electron chi connectivity index (χ2n) is 10.3. The summed E-state index contributed by atoms with van der Waals surface area (Å²) in [5, 5.41) is 13.0. The van der Waals surface area contributed by atoms with Crippen molar-refractivity contribution in [2.45, 2.75) is 44.6 Å². The topological polar surface area (TPSA) is 137 Å². The number of nitrogens with two attached hydrogens (primary N) is 1. The molecule has 2 aliphatic heterocycles. The van der Waals surface area contributed by atoms with Gasteiger partial charge in [0.2, 0.25) is 5.91 Å². The highest BCUT2D eigenvalue weighted by atomic mass is 79.9. The molecule has 3 aromatic rings. The number of halogens is 1. The molecule has 1 aliphatic carbocycles. The van der Waals surface area contributed by atoms with Gasteiger partial charge in [0.15, 0.2) is 11.4 Å². The highest BCUT2D eigenvalue weighted by Gasteiger charge is 2.41. The zero-order valence-electron chi connectivity index (χ0n) is 22.0. The third-order valence-electron chi connectivity index (χ3n) is 7.67. The van der Waals surface area contributed by atoms with Gasteiger partial charge in [-0.05, 0) is 64.5 Å². The lowest BCUT2D eigenvalue weighted by atomic mass is 9.95. The Morgan fingerprint density at radius 1 is 1.15 bits per heavy atom. The van der Waals surface area contributed by atoms with Gasteiger partial charge in [0.25, 0.3) is 5.91 Å². The summed E-state index contributed by atoms with van der Waals surface area (Å²) in [5.74, 6) is -0.0369. The summed E-state index contributed by atoms with van der Waals surface area (Å²) in [4.78, 5) is 41.9. The number of amides is 2. The van der Waals surface area contributed by atoms with Crippen molar-refractivity contribution < 1.29 is 19.1 Å². The fraction of sp³-hybridized carbons (Fsp3) is 0.357. The number of nitrogens with zero attached hydrogens (tertiary/aromatic N) is 6. The molecule has 0 unspecified atom stereocenters. The van der Waals surface area contributed by atoms with Crippen molar-refractivity contribution in [3.05, 3.63) is 69.7 Å². The van der Waals surface area contributed by atoms with Gasteiger partial charge in [-0.15, -0.1) is 10.2 Å². The molecule has 1 atom stereocenters. The number of rotatable bonds is 5. The molecule has 0 bridgehead atoms. The van der Waals surface area contributed by atoms with Gasteiger partial charge in [0.1, 0.15) is 10.3 Å². The molecule has 2 aromatic heterocycles. The molecule has 1 fully saturated rings. The summed E-state index contributed by atoms with van der Waals surface area (Å²) in [7, 11) is 0. The smallest absolute Gasteiger partial charge is 0.308 e. The zero-order chi connectivity index (χ0) is 28.1. The summed E-state index contributed by atoms with van der Waals surface area (Å²) < 4.78 is 7.93. The van der Waals surface area contributed by atoms with Crippen LogP contribution in [0.1, 0.15) is 64.7 Å². The van der Waals surface area contributed by atoms with Crippen LogP contribution in [0.4, 0.5) is 5.69 Å².